The Hall–Kier alpha value is -1.88. The molecule has 20 heavy (non-hydrogen) atoms. The van der Waals surface area contributed by atoms with Crippen LogP contribution in [0.2, 0.25) is 5.02 Å². The van der Waals surface area contributed by atoms with Gasteiger partial charge in [0, 0.05) is 17.0 Å². The first-order valence-electron chi connectivity index (χ1n) is 6.01. The number of hydrogen-bond donors (Lipinski definition) is 1. The highest BCUT2D eigenvalue weighted by Gasteiger charge is 2.20. The molecule has 0 unspecified atom stereocenters. The molecular formula is C14H14ClFN2O2. The zero-order valence-electron chi connectivity index (χ0n) is 11.3. The minimum atomic E-state index is -0.570. The Morgan fingerprint density at radius 3 is 2.60 bits per heavy atom. The molecule has 1 aromatic carbocycles. The van der Waals surface area contributed by atoms with E-state index < -0.39 is 11.7 Å². The minimum absolute atomic E-state index is 0.104. The van der Waals surface area contributed by atoms with Gasteiger partial charge in [0.25, 0.3) is 5.91 Å². The number of nitrogens with zero attached hydrogens (tertiary/aromatic N) is 1. The molecule has 0 aliphatic heterocycles. The summed E-state index contributed by atoms with van der Waals surface area (Å²) in [5, 5.41) is 6.24. The molecule has 0 fully saturated rings. The number of halogens is 2. The molecule has 1 aromatic heterocycles. The highest BCUT2D eigenvalue weighted by atomic mass is 35.5. The van der Waals surface area contributed by atoms with Crippen molar-refractivity contribution in [2.24, 2.45) is 0 Å². The average Bonchev–Trinajstić information content (AvgIpc) is 2.81. The molecule has 2 rings (SSSR count). The first-order valence-corrected chi connectivity index (χ1v) is 6.39. The molecule has 1 N–H and O–H groups in total. The van der Waals surface area contributed by atoms with Crippen molar-refractivity contribution in [1.82, 2.24) is 5.16 Å². The Kier molecular flexibility index (Phi) is 3.81. The van der Waals surface area contributed by atoms with Gasteiger partial charge in [0.05, 0.1) is 5.02 Å². The fraction of sp³-hybridized carbons (Fsp3) is 0.286. The number of carbonyl (C=O) groups excluding carboxylic acids is 1. The summed E-state index contributed by atoms with van der Waals surface area (Å²) in [6, 6.07) is 5.40. The first-order chi connectivity index (χ1) is 9.27. The van der Waals surface area contributed by atoms with Gasteiger partial charge in [-0.3, -0.25) is 4.79 Å². The van der Waals surface area contributed by atoms with Gasteiger partial charge >= 0.3 is 0 Å². The molecule has 0 atom stereocenters. The molecule has 0 aliphatic carbocycles. The quantitative estimate of drug-likeness (QED) is 0.910. The zero-order chi connectivity index (χ0) is 14.9. The number of aromatic nitrogens is 1. The summed E-state index contributed by atoms with van der Waals surface area (Å²) in [6.45, 7) is 5.91. The third-order valence-electron chi connectivity index (χ3n) is 2.67. The van der Waals surface area contributed by atoms with E-state index in [1.54, 1.807) is 6.07 Å². The number of carbonyl (C=O) groups is 1. The number of anilines is 1. The summed E-state index contributed by atoms with van der Waals surface area (Å²) in [4.78, 5) is 12.0. The minimum Gasteiger partial charge on any atom is -0.359 e. The standard InChI is InChI=1S/C14H14ClFN2O2/c1-14(2,3)11-7-12(18-20-11)17-13(19)8-4-5-10(16)9(15)6-8/h4-7H,1-3H3,(H,17,18,19). The van der Waals surface area contributed by atoms with E-state index in [2.05, 4.69) is 10.5 Å². The van der Waals surface area contributed by atoms with Crippen molar-refractivity contribution in [2.75, 3.05) is 5.32 Å². The maximum absolute atomic E-state index is 13.0. The van der Waals surface area contributed by atoms with Crippen molar-refractivity contribution in [3.8, 4) is 0 Å². The maximum atomic E-state index is 13.0. The fourth-order valence-electron chi connectivity index (χ4n) is 1.51. The second-order valence-electron chi connectivity index (χ2n) is 5.41. The molecule has 1 heterocycles. The van der Waals surface area contributed by atoms with E-state index in [4.69, 9.17) is 16.1 Å². The Balaban J connectivity index is 2.15. The molecular weight excluding hydrogens is 283 g/mol. The number of rotatable bonds is 2. The van der Waals surface area contributed by atoms with Gasteiger partial charge in [-0.05, 0) is 18.2 Å². The first kappa shape index (κ1) is 14.5. The summed E-state index contributed by atoms with van der Waals surface area (Å²) in [5.41, 5.74) is 0.0477. The third kappa shape index (κ3) is 3.17. The van der Waals surface area contributed by atoms with Crippen molar-refractivity contribution in [3.05, 3.63) is 46.4 Å². The lowest BCUT2D eigenvalue weighted by atomic mass is 9.93. The van der Waals surface area contributed by atoms with Crippen LogP contribution in [0.5, 0.6) is 0 Å². The van der Waals surface area contributed by atoms with Crippen LogP contribution in [0.4, 0.5) is 10.2 Å². The molecule has 6 heteroatoms. The van der Waals surface area contributed by atoms with E-state index in [-0.39, 0.29) is 16.0 Å². The van der Waals surface area contributed by atoms with Crippen LogP contribution in [0.1, 0.15) is 36.9 Å². The van der Waals surface area contributed by atoms with Crippen molar-refractivity contribution in [1.29, 1.82) is 0 Å². The summed E-state index contributed by atoms with van der Waals surface area (Å²) in [7, 11) is 0. The molecule has 106 valence electrons. The Morgan fingerprint density at radius 2 is 2.05 bits per heavy atom. The van der Waals surface area contributed by atoms with Crippen LogP contribution in [0.3, 0.4) is 0 Å². The number of benzene rings is 1. The molecule has 2 aromatic rings. The smallest absolute Gasteiger partial charge is 0.256 e. The summed E-state index contributed by atoms with van der Waals surface area (Å²) >= 11 is 5.64. The molecule has 0 bridgehead atoms. The van der Waals surface area contributed by atoms with Gasteiger partial charge in [0.2, 0.25) is 0 Å². The molecule has 0 spiro atoms. The lowest BCUT2D eigenvalue weighted by Gasteiger charge is -2.12. The second kappa shape index (κ2) is 5.25. The maximum Gasteiger partial charge on any atom is 0.256 e. The van der Waals surface area contributed by atoms with E-state index in [0.717, 1.165) is 6.07 Å². The number of amides is 1. The van der Waals surface area contributed by atoms with Crippen molar-refractivity contribution >= 4 is 23.3 Å². The highest BCUT2D eigenvalue weighted by Crippen LogP contribution is 2.24. The van der Waals surface area contributed by atoms with Gasteiger partial charge in [0.1, 0.15) is 11.6 Å². The normalized spacial score (nSPS) is 11.4. The van der Waals surface area contributed by atoms with Crippen molar-refractivity contribution in [2.45, 2.75) is 26.2 Å². The molecule has 4 nitrogen and oxygen atoms in total. The molecule has 0 radical (unpaired) electrons. The Morgan fingerprint density at radius 1 is 1.35 bits per heavy atom. The zero-order valence-corrected chi connectivity index (χ0v) is 12.1. The van der Waals surface area contributed by atoms with Gasteiger partial charge in [0.15, 0.2) is 5.82 Å². The number of nitrogens with one attached hydrogen (secondary N) is 1. The summed E-state index contributed by atoms with van der Waals surface area (Å²) in [6.07, 6.45) is 0. The van der Waals surface area contributed by atoms with Crippen LogP contribution in [0, 0.1) is 5.82 Å². The highest BCUT2D eigenvalue weighted by molar-refractivity contribution is 6.31. The van der Waals surface area contributed by atoms with Crippen LogP contribution >= 0.6 is 11.6 Å². The largest absolute Gasteiger partial charge is 0.359 e. The SMILES string of the molecule is CC(C)(C)c1cc(NC(=O)c2ccc(F)c(Cl)c2)no1. The molecule has 0 saturated carbocycles. The number of hydrogen-bond acceptors (Lipinski definition) is 3. The Labute approximate surface area is 120 Å². The van der Waals surface area contributed by atoms with Crippen LogP contribution in [-0.2, 0) is 5.41 Å². The van der Waals surface area contributed by atoms with Crippen LogP contribution in [0.15, 0.2) is 28.8 Å². The fourth-order valence-corrected chi connectivity index (χ4v) is 1.69. The van der Waals surface area contributed by atoms with Crippen LogP contribution in [0.25, 0.3) is 0 Å². The van der Waals surface area contributed by atoms with Gasteiger partial charge in [-0.2, -0.15) is 0 Å². The van der Waals surface area contributed by atoms with Gasteiger partial charge in [-0.1, -0.05) is 37.5 Å². The average molecular weight is 297 g/mol. The van der Waals surface area contributed by atoms with Gasteiger partial charge < -0.3 is 9.84 Å². The Bertz CT molecular complexity index is 647. The lowest BCUT2D eigenvalue weighted by molar-refractivity contribution is 0.102. The molecule has 0 saturated heterocycles. The summed E-state index contributed by atoms with van der Waals surface area (Å²) < 4.78 is 18.2. The second-order valence-corrected chi connectivity index (χ2v) is 5.82. The predicted molar refractivity (Wildman–Crippen MR) is 74.6 cm³/mol. The molecule has 1 amide bonds. The monoisotopic (exact) mass is 296 g/mol. The summed E-state index contributed by atoms with van der Waals surface area (Å²) in [5.74, 6) is -0.0364. The van der Waals surface area contributed by atoms with Crippen LogP contribution < -0.4 is 5.32 Å². The van der Waals surface area contributed by atoms with E-state index in [9.17, 15) is 9.18 Å². The third-order valence-corrected chi connectivity index (χ3v) is 2.96. The van der Waals surface area contributed by atoms with Crippen LogP contribution in [-0.4, -0.2) is 11.1 Å². The van der Waals surface area contributed by atoms with E-state index >= 15 is 0 Å². The van der Waals surface area contributed by atoms with Gasteiger partial charge in [-0.15, -0.1) is 0 Å². The van der Waals surface area contributed by atoms with Crippen molar-refractivity contribution in [3.63, 3.8) is 0 Å². The topological polar surface area (TPSA) is 55.1 Å². The van der Waals surface area contributed by atoms with Gasteiger partial charge in [-0.25, -0.2) is 4.39 Å². The van der Waals surface area contributed by atoms with E-state index in [0.29, 0.717) is 11.6 Å². The predicted octanol–water partition coefficient (Wildman–Crippen LogP) is 4.02. The van der Waals surface area contributed by atoms with Crippen molar-refractivity contribution < 1.29 is 13.7 Å². The molecule has 0 aliphatic rings. The lowest BCUT2D eigenvalue weighted by Crippen LogP contribution is -2.12. The van der Waals surface area contributed by atoms with E-state index in [1.807, 2.05) is 20.8 Å². The van der Waals surface area contributed by atoms with E-state index in [1.165, 1.54) is 12.1 Å².